The van der Waals surface area contributed by atoms with Gasteiger partial charge in [-0.25, -0.2) is 0 Å². The Balaban J connectivity index is 4.26. The van der Waals surface area contributed by atoms with Gasteiger partial charge in [-0.2, -0.15) is 22.0 Å². The summed E-state index contributed by atoms with van der Waals surface area (Å²) >= 11 is -0.0207. The minimum Gasteiger partial charge on any atom is -0.396 e. The van der Waals surface area contributed by atoms with Crippen molar-refractivity contribution in [1.82, 2.24) is 0 Å². The molecular formula is C5H5F5OS. The van der Waals surface area contributed by atoms with Crippen molar-refractivity contribution >= 4 is 11.8 Å². The number of halogens is 5. The van der Waals surface area contributed by atoms with Crippen molar-refractivity contribution < 1.29 is 27.1 Å². The van der Waals surface area contributed by atoms with Gasteiger partial charge in [0.15, 0.2) is 5.16 Å². The zero-order chi connectivity index (χ0) is 9.78. The average Bonchev–Trinajstić information content (AvgIpc) is 1.97. The van der Waals surface area contributed by atoms with E-state index in [2.05, 4.69) is 0 Å². The van der Waals surface area contributed by atoms with Gasteiger partial charge in [0.25, 0.3) is 0 Å². The number of hydrogen-bond acceptors (Lipinski definition) is 2. The van der Waals surface area contributed by atoms with Gasteiger partial charge >= 0.3 is 6.18 Å². The lowest BCUT2D eigenvalue weighted by Crippen LogP contribution is -2.09. The first-order chi connectivity index (χ1) is 5.39. The molecule has 0 heterocycles. The smallest absolute Gasteiger partial charge is 0.396 e. The van der Waals surface area contributed by atoms with Gasteiger partial charge in [0.1, 0.15) is 0 Å². The van der Waals surface area contributed by atoms with E-state index in [4.69, 9.17) is 5.11 Å². The largest absolute Gasteiger partial charge is 0.446 e. The maximum Gasteiger partial charge on any atom is 0.446 e. The van der Waals surface area contributed by atoms with Crippen LogP contribution >= 0.6 is 11.8 Å². The third-order valence-corrected chi connectivity index (χ3v) is 1.56. The molecule has 0 atom stereocenters. The summed E-state index contributed by atoms with van der Waals surface area (Å²) in [4.78, 5) is 0. The van der Waals surface area contributed by atoms with Crippen LogP contribution in [-0.4, -0.2) is 23.6 Å². The third kappa shape index (κ3) is 3.91. The number of alkyl halides is 3. The first-order valence-corrected chi connectivity index (χ1v) is 3.74. The molecule has 0 aromatic heterocycles. The van der Waals surface area contributed by atoms with Crippen LogP contribution in [0.3, 0.4) is 0 Å². The maximum atomic E-state index is 12.1. The number of thioether (sulfide) groups is 1. The Morgan fingerprint density at radius 1 is 1.25 bits per heavy atom. The fourth-order valence-electron chi connectivity index (χ4n) is 0.310. The van der Waals surface area contributed by atoms with Crippen LogP contribution < -0.4 is 0 Å². The van der Waals surface area contributed by atoms with Crippen molar-refractivity contribution in [2.75, 3.05) is 12.4 Å². The summed E-state index contributed by atoms with van der Waals surface area (Å²) in [5, 5.41) is 6.14. The summed E-state index contributed by atoms with van der Waals surface area (Å²) in [5.41, 5.74) is 0. The summed E-state index contributed by atoms with van der Waals surface area (Å²) in [5.74, 6) is -3.06. The number of aliphatic hydroxyl groups excluding tert-OH is 1. The molecule has 7 heteroatoms. The van der Waals surface area contributed by atoms with Crippen LogP contribution in [0.5, 0.6) is 0 Å². The number of allylic oxidation sites excluding steroid dienone is 1. The van der Waals surface area contributed by atoms with Crippen molar-refractivity contribution in [3.05, 3.63) is 11.0 Å². The molecule has 0 unspecified atom stereocenters. The van der Waals surface area contributed by atoms with E-state index in [0.29, 0.717) is 0 Å². The van der Waals surface area contributed by atoms with Crippen molar-refractivity contribution in [3.63, 3.8) is 0 Å². The first kappa shape index (κ1) is 11.7. The van der Waals surface area contributed by atoms with Gasteiger partial charge in [0.05, 0.1) is 6.61 Å². The molecule has 0 radical (unpaired) electrons. The van der Waals surface area contributed by atoms with Crippen molar-refractivity contribution in [2.45, 2.75) is 6.18 Å². The van der Waals surface area contributed by atoms with E-state index >= 15 is 0 Å². The second kappa shape index (κ2) is 4.66. The molecule has 0 saturated heterocycles. The van der Waals surface area contributed by atoms with Gasteiger partial charge in [-0.15, -0.1) is 0 Å². The molecule has 0 spiro atoms. The molecule has 12 heavy (non-hydrogen) atoms. The molecule has 1 N–H and O–H groups in total. The molecule has 0 amide bonds. The van der Waals surface area contributed by atoms with Crippen LogP contribution in [0.2, 0.25) is 0 Å². The summed E-state index contributed by atoms with van der Waals surface area (Å²) < 4.78 is 58.2. The standard InChI is InChI=1S/C5H5F5OS/c6-3(5(8,9)10)4(7)12-2-1-11/h11H,1-2H2. The van der Waals surface area contributed by atoms with Gasteiger partial charge in [-0.3, -0.25) is 0 Å². The van der Waals surface area contributed by atoms with Gasteiger partial charge in [0.2, 0.25) is 5.83 Å². The Hall–Kier alpha value is -0.300. The van der Waals surface area contributed by atoms with E-state index in [0.717, 1.165) is 0 Å². The SMILES string of the molecule is OCCSC(F)=C(F)C(F)(F)F. The van der Waals surface area contributed by atoms with Crippen LogP contribution in [0, 0.1) is 0 Å². The quantitative estimate of drug-likeness (QED) is 0.718. The zero-order valence-corrected chi connectivity index (χ0v) is 6.48. The van der Waals surface area contributed by atoms with Gasteiger partial charge < -0.3 is 5.11 Å². The highest BCUT2D eigenvalue weighted by Crippen LogP contribution is 2.34. The number of hydrogen-bond donors (Lipinski definition) is 1. The van der Waals surface area contributed by atoms with Gasteiger partial charge in [-0.1, -0.05) is 11.8 Å². The Morgan fingerprint density at radius 2 is 1.75 bits per heavy atom. The van der Waals surface area contributed by atoms with Crippen molar-refractivity contribution in [3.8, 4) is 0 Å². The van der Waals surface area contributed by atoms with E-state index in [1.54, 1.807) is 0 Å². The molecule has 0 saturated carbocycles. The van der Waals surface area contributed by atoms with E-state index in [9.17, 15) is 22.0 Å². The highest BCUT2D eigenvalue weighted by atomic mass is 32.2. The van der Waals surface area contributed by atoms with Crippen LogP contribution in [-0.2, 0) is 0 Å². The minimum atomic E-state index is -5.29. The van der Waals surface area contributed by atoms with E-state index in [-0.39, 0.29) is 17.5 Å². The topological polar surface area (TPSA) is 20.2 Å². The normalized spacial score (nSPS) is 14.5. The van der Waals surface area contributed by atoms with E-state index in [1.165, 1.54) is 0 Å². The molecule has 0 aliphatic carbocycles. The minimum absolute atomic E-state index is 0.0207. The van der Waals surface area contributed by atoms with Crippen LogP contribution in [0.15, 0.2) is 11.0 Å². The van der Waals surface area contributed by atoms with Crippen LogP contribution in [0.1, 0.15) is 0 Å². The fraction of sp³-hybridized carbons (Fsp3) is 0.600. The van der Waals surface area contributed by atoms with Crippen LogP contribution in [0.4, 0.5) is 22.0 Å². The molecule has 0 bridgehead atoms. The summed E-state index contributed by atoms with van der Waals surface area (Å²) in [7, 11) is 0. The second-order valence-electron chi connectivity index (χ2n) is 1.66. The van der Waals surface area contributed by atoms with Crippen molar-refractivity contribution in [1.29, 1.82) is 0 Å². The third-order valence-electron chi connectivity index (χ3n) is 0.742. The van der Waals surface area contributed by atoms with Crippen molar-refractivity contribution in [2.24, 2.45) is 0 Å². The monoisotopic (exact) mass is 208 g/mol. The molecule has 0 rings (SSSR count). The second-order valence-corrected chi connectivity index (χ2v) is 2.71. The van der Waals surface area contributed by atoms with Crippen LogP contribution in [0.25, 0.3) is 0 Å². The Bertz CT molecular complexity index is 175. The molecule has 0 aromatic carbocycles. The van der Waals surface area contributed by atoms with E-state index < -0.39 is 23.8 Å². The maximum absolute atomic E-state index is 12.1. The molecule has 0 aromatic rings. The van der Waals surface area contributed by atoms with Gasteiger partial charge in [-0.05, 0) is 0 Å². The Morgan fingerprint density at radius 3 is 2.08 bits per heavy atom. The highest BCUT2D eigenvalue weighted by molar-refractivity contribution is 8.02. The fourth-order valence-corrected chi connectivity index (χ4v) is 0.823. The highest BCUT2D eigenvalue weighted by Gasteiger charge is 2.38. The predicted molar refractivity (Wildman–Crippen MR) is 34.8 cm³/mol. The lowest BCUT2D eigenvalue weighted by atomic mass is 10.6. The summed E-state index contributed by atoms with van der Waals surface area (Å²) in [6.07, 6.45) is -5.29. The Labute approximate surface area is 69.3 Å². The molecular weight excluding hydrogens is 203 g/mol. The molecule has 72 valence electrons. The molecule has 1 nitrogen and oxygen atoms in total. The summed E-state index contributed by atoms with van der Waals surface area (Å²) in [6.45, 7) is -0.511. The number of rotatable bonds is 3. The summed E-state index contributed by atoms with van der Waals surface area (Å²) in [6, 6.07) is 0. The van der Waals surface area contributed by atoms with Gasteiger partial charge in [0, 0.05) is 5.75 Å². The molecule has 0 aliphatic heterocycles. The number of aliphatic hydroxyl groups is 1. The Kier molecular flexibility index (Phi) is 4.54. The zero-order valence-electron chi connectivity index (χ0n) is 5.66. The lowest BCUT2D eigenvalue weighted by molar-refractivity contribution is -0.110. The molecule has 0 aliphatic rings. The molecule has 0 fully saturated rings. The van der Waals surface area contributed by atoms with E-state index in [1.807, 2.05) is 0 Å². The predicted octanol–water partition coefficient (Wildman–Crippen LogP) is 2.38. The lowest BCUT2D eigenvalue weighted by Gasteiger charge is -2.03. The first-order valence-electron chi connectivity index (χ1n) is 2.75. The average molecular weight is 208 g/mol.